The maximum absolute atomic E-state index is 12.1. The molecule has 154 valence electrons. The molecule has 0 atom stereocenters. The number of ether oxygens (including phenoxy) is 2. The summed E-state index contributed by atoms with van der Waals surface area (Å²) in [6, 6.07) is 21.0. The average molecular weight is 404 g/mol. The van der Waals surface area contributed by atoms with Gasteiger partial charge >= 0.3 is 5.97 Å². The molecule has 6 nitrogen and oxygen atoms in total. The van der Waals surface area contributed by atoms with Gasteiger partial charge < -0.3 is 14.8 Å². The van der Waals surface area contributed by atoms with Crippen LogP contribution in [0.3, 0.4) is 0 Å². The molecule has 0 unspecified atom stereocenters. The van der Waals surface area contributed by atoms with Crippen molar-refractivity contribution in [2.45, 2.75) is 19.8 Å². The van der Waals surface area contributed by atoms with Gasteiger partial charge in [-0.1, -0.05) is 30.3 Å². The van der Waals surface area contributed by atoms with E-state index in [1.165, 1.54) is 0 Å². The fourth-order valence-corrected chi connectivity index (χ4v) is 3.03. The summed E-state index contributed by atoms with van der Waals surface area (Å²) in [6.07, 6.45) is 0.131. The molecule has 2 aromatic carbocycles. The Kier molecular flexibility index (Phi) is 7.16. The quantitative estimate of drug-likeness (QED) is 0.551. The standard InChI is InChI=1S/C24H24N2O4/c1-3-30-24(28)15-14-23(27)25-18-9-6-8-17(16-18)20-11-7-12-21(26-20)19-10-4-5-13-22(19)29-2/h4-13,16H,3,14-15H2,1-2H3,(H,25,27). The third kappa shape index (κ3) is 5.44. The third-order valence-electron chi connectivity index (χ3n) is 4.44. The summed E-state index contributed by atoms with van der Waals surface area (Å²) in [5.41, 5.74) is 4.00. The van der Waals surface area contributed by atoms with E-state index in [4.69, 9.17) is 14.5 Å². The van der Waals surface area contributed by atoms with E-state index >= 15 is 0 Å². The van der Waals surface area contributed by atoms with Crippen LogP contribution in [0.1, 0.15) is 19.8 Å². The molecule has 0 bridgehead atoms. The first kappa shape index (κ1) is 21.0. The highest BCUT2D eigenvalue weighted by Gasteiger charge is 2.10. The van der Waals surface area contributed by atoms with Crippen molar-refractivity contribution < 1.29 is 19.1 Å². The van der Waals surface area contributed by atoms with Crippen molar-refractivity contribution in [3.05, 3.63) is 66.7 Å². The SMILES string of the molecule is CCOC(=O)CCC(=O)Nc1cccc(-c2cccc(-c3ccccc3OC)n2)c1. The Morgan fingerprint density at radius 3 is 2.50 bits per heavy atom. The van der Waals surface area contributed by atoms with Gasteiger partial charge in [0.25, 0.3) is 0 Å². The van der Waals surface area contributed by atoms with Crippen LogP contribution < -0.4 is 10.1 Å². The zero-order valence-corrected chi connectivity index (χ0v) is 17.1. The van der Waals surface area contributed by atoms with E-state index in [-0.39, 0.29) is 24.7 Å². The van der Waals surface area contributed by atoms with Crippen LogP contribution in [0.4, 0.5) is 5.69 Å². The maximum Gasteiger partial charge on any atom is 0.306 e. The highest BCUT2D eigenvalue weighted by Crippen LogP contribution is 2.30. The number of rotatable bonds is 8. The number of para-hydroxylation sites is 1. The zero-order chi connectivity index (χ0) is 21.3. The summed E-state index contributed by atoms with van der Waals surface area (Å²) in [5.74, 6) is 0.138. The number of nitrogens with one attached hydrogen (secondary N) is 1. The normalized spacial score (nSPS) is 10.3. The average Bonchev–Trinajstić information content (AvgIpc) is 2.78. The first-order valence-electron chi connectivity index (χ1n) is 9.77. The lowest BCUT2D eigenvalue weighted by Crippen LogP contribution is -2.14. The van der Waals surface area contributed by atoms with Crippen LogP contribution in [0.25, 0.3) is 22.5 Å². The molecule has 3 aromatic rings. The minimum Gasteiger partial charge on any atom is -0.496 e. The molecule has 30 heavy (non-hydrogen) atoms. The van der Waals surface area contributed by atoms with E-state index in [1.54, 1.807) is 20.1 Å². The predicted octanol–water partition coefficient (Wildman–Crippen LogP) is 4.71. The van der Waals surface area contributed by atoms with Gasteiger partial charge in [0.15, 0.2) is 0 Å². The molecule has 0 spiro atoms. The Balaban J connectivity index is 1.76. The largest absolute Gasteiger partial charge is 0.496 e. The smallest absolute Gasteiger partial charge is 0.306 e. The second kappa shape index (κ2) is 10.2. The highest BCUT2D eigenvalue weighted by molar-refractivity contribution is 5.93. The van der Waals surface area contributed by atoms with Crippen LogP contribution in [0.5, 0.6) is 5.75 Å². The summed E-state index contributed by atoms with van der Waals surface area (Å²) < 4.78 is 10.3. The van der Waals surface area contributed by atoms with Crippen molar-refractivity contribution in [1.29, 1.82) is 0 Å². The molecule has 6 heteroatoms. The Morgan fingerprint density at radius 2 is 1.70 bits per heavy atom. The Hall–Kier alpha value is -3.67. The number of nitrogens with zero attached hydrogens (tertiary/aromatic N) is 1. The molecule has 0 aliphatic rings. The van der Waals surface area contributed by atoms with Crippen molar-refractivity contribution in [1.82, 2.24) is 4.98 Å². The van der Waals surface area contributed by atoms with Crippen LogP contribution in [-0.2, 0) is 14.3 Å². The van der Waals surface area contributed by atoms with Crippen molar-refractivity contribution in [2.24, 2.45) is 0 Å². The molecule has 1 aromatic heterocycles. The number of methoxy groups -OCH3 is 1. The Labute approximate surface area is 175 Å². The molecule has 0 radical (unpaired) electrons. The molecule has 0 aliphatic carbocycles. The van der Waals surface area contributed by atoms with Crippen LogP contribution in [0.2, 0.25) is 0 Å². The minimum absolute atomic E-state index is 0.0574. The van der Waals surface area contributed by atoms with Crippen LogP contribution >= 0.6 is 0 Å². The number of benzene rings is 2. The number of carbonyl (C=O) groups excluding carboxylic acids is 2. The molecule has 0 fully saturated rings. The van der Waals surface area contributed by atoms with E-state index in [2.05, 4.69) is 5.32 Å². The molecule has 0 aliphatic heterocycles. The zero-order valence-electron chi connectivity index (χ0n) is 17.1. The summed E-state index contributed by atoms with van der Waals surface area (Å²) >= 11 is 0. The predicted molar refractivity (Wildman–Crippen MR) is 116 cm³/mol. The fourth-order valence-electron chi connectivity index (χ4n) is 3.03. The van der Waals surface area contributed by atoms with E-state index in [9.17, 15) is 9.59 Å². The lowest BCUT2D eigenvalue weighted by atomic mass is 10.1. The summed E-state index contributed by atoms with van der Waals surface area (Å²) in [6.45, 7) is 2.05. The molecule has 0 saturated carbocycles. The van der Waals surface area contributed by atoms with Gasteiger partial charge in [-0.25, -0.2) is 4.98 Å². The third-order valence-corrected chi connectivity index (χ3v) is 4.44. The van der Waals surface area contributed by atoms with Crippen LogP contribution in [-0.4, -0.2) is 30.6 Å². The second-order valence-corrected chi connectivity index (χ2v) is 6.54. The van der Waals surface area contributed by atoms with E-state index in [0.717, 1.165) is 28.3 Å². The highest BCUT2D eigenvalue weighted by atomic mass is 16.5. The lowest BCUT2D eigenvalue weighted by molar-refractivity contribution is -0.144. The Morgan fingerprint density at radius 1 is 0.933 bits per heavy atom. The van der Waals surface area contributed by atoms with Crippen LogP contribution in [0, 0.1) is 0 Å². The molecule has 1 amide bonds. The van der Waals surface area contributed by atoms with Crippen molar-refractivity contribution in [3.63, 3.8) is 0 Å². The Bertz CT molecular complexity index is 1030. The van der Waals surface area contributed by atoms with Gasteiger partial charge in [-0.15, -0.1) is 0 Å². The van der Waals surface area contributed by atoms with Gasteiger partial charge in [-0.05, 0) is 43.3 Å². The molecule has 0 saturated heterocycles. The van der Waals surface area contributed by atoms with E-state index < -0.39 is 0 Å². The van der Waals surface area contributed by atoms with Gasteiger partial charge in [0, 0.05) is 23.2 Å². The first-order valence-corrected chi connectivity index (χ1v) is 9.77. The number of esters is 1. The van der Waals surface area contributed by atoms with Gasteiger partial charge in [0.05, 0.1) is 31.5 Å². The number of hydrogen-bond donors (Lipinski definition) is 1. The van der Waals surface area contributed by atoms with Gasteiger partial charge in [0.1, 0.15) is 5.75 Å². The lowest BCUT2D eigenvalue weighted by Gasteiger charge is -2.10. The number of carbonyl (C=O) groups is 2. The number of anilines is 1. The summed E-state index contributed by atoms with van der Waals surface area (Å²) in [4.78, 5) is 28.3. The van der Waals surface area contributed by atoms with Crippen LogP contribution in [0.15, 0.2) is 66.7 Å². The van der Waals surface area contributed by atoms with Gasteiger partial charge in [-0.2, -0.15) is 0 Å². The number of amides is 1. The van der Waals surface area contributed by atoms with Gasteiger partial charge in [0.2, 0.25) is 5.91 Å². The number of pyridine rings is 1. The van der Waals surface area contributed by atoms with E-state index in [0.29, 0.717) is 12.3 Å². The molecule has 1 N–H and O–H groups in total. The molecular weight excluding hydrogens is 380 g/mol. The summed E-state index contributed by atoms with van der Waals surface area (Å²) in [7, 11) is 1.64. The monoisotopic (exact) mass is 404 g/mol. The summed E-state index contributed by atoms with van der Waals surface area (Å²) in [5, 5.41) is 2.82. The molecule has 3 rings (SSSR count). The minimum atomic E-state index is -0.376. The fraction of sp³-hybridized carbons (Fsp3) is 0.208. The first-order chi connectivity index (χ1) is 14.6. The number of aromatic nitrogens is 1. The van der Waals surface area contributed by atoms with Crippen molar-refractivity contribution in [3.8, 4) is 28.3 Å². The van der Waals surface area contributed by atoms with E-state index in [1.807, 2.05) is 60.7 Å². The number of hydrogen-bond acceptors (Lipinski definition) is 5. The molecule has 1 heterocycles. The topological polar surface area (TPSA) is 77.5 Å². The maximum atomic E-state index is 12.1. The van der Waals surface area contributed by atoms with Crippen molar-refractivity contribution in [2.75, 3.05) is 19.0 Å². The second-order valence-electron chi connectivity index (χ2n) is 6.54. The van der Waals surface area contributed by atoms with Gasteiger partial charge in [-0.3, -0.25) is 9.59 Å². The molecular formula is C24H24N2O4. The van der Waals surface area contributed by atoms with Crippen molar-refractivity contribution >= 4 is 17.6 Å².